The molecule has 1 aromatic heterocycles. The molecule has 5 N–H and O–H groups in total. The minimum absolute atomic E-state index is 0.0352. The number of nitrogen functional groups attached to an aromatic ring is 1. The van der Waals surface area contributed by atoms with Crippen molar-refractivity contribution in [2.45, 2.75) is 44.7 Å². The van der Waals surface area contributed by atoms with Crippen LogP contribution in [0.2, 0.25) is 0 Å². The fourth-order valence-corrected chi connectivity index (χ4v) is 3.23. The third-order valence-electron chi connectivity index (χ3n) is 4.89. The molecular weight excluding hydrogens is 349 g/mol. The van der Waals surface area contributed by atoms with Crippen LogP contribution in [0, 0.1) is 12.7 Å². The van der Waals surface area contributed by atoms with Crippen molar-refractivity contribution in [3.8, 4) is 5.75 Å². The largest absolute Gasteiger partial charge is 0.496 e. The highest BCUT2D eigenvalue weighted by Crippen LogP contribution is 2.27. The Balaban J connectivity index is 1.81. The molecular formula is C19H24FN5O2. The second-order valence-corrected chi connectivity index (χ2v) is 6.88. The number of ketones is 1. The summed E-state index contributed by atoms with van der Waals surface area (Å²) < 4.78 is 19.1. The van der Waals surface area contributed by atoms with Gasteiger partial charge >= 0.3 is 0 Å². The highest BCUT2D eigenvalue weighted by molar-refractivity contribution is 6.13. The van der Waals surface area contributed by atoms with Gasteiger partial charge in [-0.05, 0) is 50.3 Å². The zero-order valence-corrected chi connectivity index (χ0v) is 15.5. The third kappa shape index (κ3) is 4.16. The molecule has 1 aliphatic rings. The van der Waals surface area contributed by atoms with E-state index in [-0.39, 0.29) is 34.8 Å². The van der Waals surface area contributed by atoms with Crippen LogP contribution < -0.4 is 21.5 Å². The van der Waals surface area contributed by atoms with E-state index >= 15 is 0 Å². The van der Waals surface area contributed by atoms with Gasteiger partial charge in [0.25, 0.3) is 0 Å². The predicted molar refractivity (Wildman–Crippen MR) is 101 cm³/mol. The van der Waals surface area contributed by atoms with Crippen LogP contribution in [0.4, 0.5) is 16.2 Å². The molecule has 0 aliphatic heterocycles. The van der Waals surface area contributed by atoms with Crippen molar-refractivity contribution < 1.29 is 13.9 Å². The van der Waals surface area contributed by atoms with Crippen LogP contribution >= 0.6 is 0 Å². The number of nitrogens with one attached hydrogen (secondary N) is 1. The van der Waals surface area contributed by atoms with Crippen molar-refractivity contribution in [3.05, 3.63) is 40.8 Å². The number of hydrogen-bond acceptors (Lipinski definition) is 7. The van der Waals surface area contributed by atoms with Crippen molar-refractivity contribution in [2.24, 2.45) is 5.73 Å². The maximum absolute atomic E-state index is 13.9. The Morgan fingerprint density at radius 1 is 1.26 bits per heavy atom. The van der Waals surface area contributed by atoms with Crippen LogP contribution in [0.15, 0.2) is 18.3 Å². The zero-order valence-electron chi connectivity index (χ0n) is 15.5. The van der Waals surface area contributed by atoms with Crippen LogP contribution in [0.25, 0.3) is 0 Å². The van der Waals surface area contributed by atoms with Crippen molar-refractivity contribution in [1.82, 2.24) is 9.97 Å². The van der Waals surface area contributed by atoms with Gasteiger partial charge in [0, 0.05) is 18.3 Å². The fraction of sp³-hybridized carbons (Fsp3) is 0.421. The van der Waals surface area contributed by atoms with Gasteiger partial charge in [-0.1, -0.05) is 0 Å². The Bertz CT molecular complexity index is 850. The number of hydrogen-bond donors (Lipinski definition) is 3. The maximum Gasteiger partial charge on any atom is 0.224 e. The van der Waals surface area contributed by atoms with Crippen molar-refractivity contribution in [1.29, 1.82) is 0 Å². The number of carbonyl (C=O) groups excluding carboxylic acids is 1. The van der Waals surface area contributed by atoms with Crippen molar-refractivity contribution in [3.63, 3.8) is 0 Å². The molecule has 0 saturated heterocycles. The smallest absolute Gasteiger partial charge is 0.224 e. The standard InChI is InChI=1S/C19H24FN5O2/c1-10-7-16(27-2)13(8-15(10)20)17(26)14-9-23-19(25-18(14)22)24-12-5-3-11(21)4-6-12/h7-9,11-12H,3-6,21H2,1-2H3,(H3,22,23,24,25). The van der Waals surface area contributed by atoms with Crippen LogP contribution in [-0.4, -0.2) is 34.9 Å². The molecule has 0 radical (unpaired) electrons. The first kappa shape index (κ1) is 19.0. The number of nitrogens with zero attached hydrogens (tertiary/aromatic N) is 2. The Morgan fingerprint density at radius 2 is 1.96 bits per heavy atom. The number of nitrogens with two attached hydrogens (primary N) is 2. The Labute approximate surface area is 157 Å². The normalized spacial score (nSPS) is 19.6. The lowest BCUT2D eigenvalue weighted by Gasteiger charge is -2.26. The molecule has 144 valence electrons. The van der Waals surface area contributed by atoms with Gasteiger partial charge in [0.05, 0.1) is 18.2 Å². The monoisotopic (exact) mass is 373 g/mol. The van der Waals surface area contributed by atoms with Gasteiger partial charge in [-0.25, -0.2) is 9.37 Å². The number of aromatic nitrogens is 2. The summed E-state index contributed by atoms with van der Waals surface area (Å²) in [6.45, 7) is 1.60. The second kappa shape index (κ2) is 7.87. The Hall–Kier alpha value is -2.74. The van der Waals surface area contributed by atoms with Crippen molar-refractivity contribution >= 4 is 17.5 Å². The molecule has 1 aromatic carbocycles. The molecule has 0 amide bonds. The number of aryl methyl sites for hydroxylation is 1. The average molecular weight is 373 g/mol. The van der Waals surface area contributed by atoms with Crippen LogP contribution in [0.3, 0.4) is 0 Å². The molecule has 27 heavy (non-hydrogen) atoms. The predicted octanol–water partition coefficient (Wildman–Crippen LogP) is 2.43. The number of halogens is 1. The summed E-state index contributed by atoms with van der Waals surface area (Å²) >= 11 is 0. The van der Waals surface area contributed by atoms with Gasteiger partial charge in [-0.15, -0.1) is 0 Å². The van der Waals surface area contributed by atoms with E-state index in [9.17, 15) is 9.18 Å². The molecule has 2 aromatic rings. The van der Waals surface area contributed by atoms with Gasteiger partial charge in [0.2, 0.25) is 11.7 Å². The molecule has 1 fully saturated rings. The molecule has 1 saturated carbocycles. The number of methoxy groups -OCH3 is 1. The average Bonchev–Trinajstić information content (AvgIpc) is 2.65. The zero-order chi connectivity index (χ0) is 19.6. The van der Waals surface area contributed by atoms with Crippen LogP contribution in [0.1, 0.15) is 47.2 Å². The molecule has 3 rings (SSSR count). The molecule has 8 heteroatoms. The molecule has 0 atom stereocenters. The second-order valence-electron chi connectivity index (χ2n) is 6.88. The van der Waals surface area contributed by atoms with Gasteiger partial charge in [0.1, 0.15) is 17.4 Å². The van der Waals surface area contributed by atoms with E-state index in [1.165, 1.54) is 19.4 Å². The summed E-state index contributed by atoms with van der Waals surface area (Å²) in [5, 5.41) is 3.23. The van der Waals surface area contributed by atoms with Gasteiger partial charge in [-0.3, -0.25) is 4.79 Å². The van der Waals surface area contributed by atoms with E-state index in [0.29, 0.717) is 11.5 Å². The minimum atomic E-state index is -0.493. The fourth-order valence-electron chi connectivity index (χ4n) is 3.23. The summed E-state index contributed by atoms with van der Waals surface area (Å²) in [5.41, 5.74) is 12.5. The Kier molecular flexibility index (Phi) is 5.55. The van der Waals surface area contributed by atoms with E-state index in [2.05, 4.69) is 15.3 Å². The molecule has 7 nitrogen and oxygen atoms in total. The highest BCUT2D eigenvalue weighted by Gasteiger charge is 2.22. The minimum Gasteiger partial charge on any atom is -0.496 e. The van der Waals surface area contributed by atoms with Crippen LogP contribution in [0.5, 0.6) is 5.75 Å². The summed E-state index contributed by atoms with van der Waals surface area (Å²) in [7, 11) is 1.42. The Morgan fingerprint density at radius 3 is 2.59 bits per heavy atom. The molecule has 0 bridgehead atoms. The summed E-state index contributed by atoms with van der Waals surface area (Å²) in [6.07, 6.45) is 5.12. The maximum atomic E-state index is 13.9. The summed E-state index contributed by atoms with van der Waals surface area (Å²) in [4.78, 5) is 21.2. The van der Waals surface area contributed by atoms with E-state index in [0.717, 1.165) is 31.7 Å². The van der Waals surface area contributed by atoms with Gasteiger partial charge in [-0.2, -0.15) is 4.98 Å². The quantitative estimate of drug-likeness (QED) is 0.689. The summed E-state index contributed by atoms with van der Waals surface area (Å²) in [5.74, 6) is -0.301. The number of ether oxygens (including phenoxy) is 1. The summed E-state index contributed by atoms with van der Waals surface area (Å²) in [6, 6.07) is 3.10. The SMILES string of the molecule is COc1cc(C)c(F)cc1C(=O)c1cnc(NC2CCC(N)CC2)nc1N. The third-order valence-corrected chi connectivity index (χ3v) is 4.89. The molecule has 1 aliphatic carbocycles. The van der Waals surface area contributed by atoms with Gasteiger partial charge in [0.15, 0.2) is 0 Å². The lowest BCUT2D eigenvalue weighted by Crippen LogP contribution is -2.33. The number of carbonyl (C=O) groups is 1. The topological polar surface area (TPSA) is 116 Å². The number of benzene rings is 1. The van der Waals surface area contributed by atoms with E-state index in [4.69, 9.17) is 16.2 Å². The lowest BCUT2D eigenvalue weighted by molar-refractivity contribution is 0.103. The lowest BCUT2D eigenvalue weighted by atomic mass is 9.92. The molecule has 0 spiro atoms. The van der Waals surface area contributed by atoms with E-state index < -0.39 is 11.6 Å². The van der Waals surface area contributed by atoms with Crippen LogP contribution in [-0.2, 0) is 0 Å². The number of rotatable bonds is 5. The first-order valence-electron chi connectivity index (χ1n) is 8.92. The molecule has 1 heterocycles. The molecule has 0 unspecified atom stereocenters. The number of anilines is 2. The first-order chi connectivity index (χ1) is 12.9. The highest BCUT2D eigenvalue weighted by atomic mass is 19.1. The van der Waals surface area contributed by atoms with Gasteiger partial charge < -0.3 is 21.5 Å². The first-order valence-corrected chi connectivity index (χ1v) is 8.92. The van der Waals surface area contributed by atoms with Crippen molar-refractivity contribution in [2.75, 3.05) is 18.2 Å². The van der Waals surface area contributed by atoms with E-state index in [1.807, 2.05) is 0 Å². The van der Waals surface area contributed by atoms with E-state index in [1.54, 1.807) is 6.92 Å².